The van der Waals surface area contributed by atoms with Gasteiger partial charge in [0.05, 0.1) is 19.1 Å². The highest BCUT2D eigenvalue weighted by molar-refractivity contribution is 7.92. The van der Waals surface area contributed by atoms with E-state index in [1.807, 2.05) is 58.0 Å². The summed E-state index contributed by atoms with van der Waals surface area (Å²) in [4.78, 5) is 28.4. The standard InChI is InChI=1S/C27H39N3O5S/c1-7-9-15-28-27(32)23(8-2)29(18-22-12-10-11-20(3)16-22)26(31)19-30(36(6,33)34)24-17-21(4)13-14-25(24)35-5/h10-14,16-17,23H,7-9,15,18-19H2,1-6H3,(H,28,32)/t23-/m0/s1. The Kier molecular flexibility index (Phi) is 10.8. The zero-order valence-electron chi connectivity index (χ0n) is 22.2. The number of unbranched alkanes of at least 4 members (excludes halogenated alkanes) is 1. The van der Waals surface area contributed by atoms with Gasteiger partial charge in [-0.05, 0) is 49.9 Å². The molecule has 2 aromatic carbocycles. The summed E-state index contributed by atoms with van der Waals surface area (Å²) in [5.74, 6) is -0.373. The maximum absolute atomic E-state index is 13.8. The summed E-state index contributed by atoms with van der Waals surface area (Å²) >= 11 is 0. The molecule has 0 saturated carbocycles. The quantitative estimate of drug-likeness (QED) is 0.408. The van der Waals surface area contributed by atoms with Crippen molar-refractivity contribution in [2.45, 2.75) is 59.5 Å². The number of aryl methyl sites for hydroxylation is 2. The Bertz CT molecular complexity index is 1150. The molecule has 2 rings (SSSR count). The van der Waals surface area contributed by atoms with Gasteiger partial charge in [0, 0.05) is 13.1 Å². The fraction of sp³-hybridized carbons (Fsp3) is 0.481. The van der Waals surface area contributed by atoms with Gasteiger partial charge in [0.1, 0.15) is 18.3 Å². The van der Waals surface area contributed by atoms with Gasteiger partial charge in [-0.1, -0.05) is 56.2 Å². The second-order valence-corrected chi connectivity index (χ2v) is 10.9. The Morgan fingerprint density at radius 3 is 2.33 bits per heavy atom. The van der Waals surface area contributed by atoms with E-state index in [1.54, 1.807) is 12.1 Å². The fourth-order valence-electron chi connectivity index (χ4n) is 4.02. The number of sulfonamides is 1. The molecule has 0 heterocycles. The number of benzene rings is 2. The summed E-state index contributed by atoms with van der Waals surface area (Å²) in [6.45, 7) is 7.93. The zero-order valence-corrected chi connectivity index (χ0v) is 23.0. The second kappa shape index (κ2) is 13.3. The van der Waals surface area contributed by atoms with Crippen LogP contribution in [0.2, 0.25) is 0 Å². The molecule has 198 valence electrons. The molecule has 8 nitrogen and oxygen atoms in total. The third-order valence-electron chi connectivity index (χ3n) is 5.93. The van der Waals surface area contributed by atoms with Gasteiger partial charge < -0.3 is 15.0 Å². The highest BCUT2D eigenvalue weighted by atomic mass is 32.2. The molecule has 9 heteroatoms. The topological polar surface area (TPSA) is 96.0 Å². The number of methoxy groups -OCH3 is 1. The minimum atomic E-state index is -3.84. The molecule has 0 bridgehead atoms. The van der Waals surface area contributed by atoms with Gasteiger partial charge in [-0.2, -0.15) is 0 Å². The molecule has 2 amide bonds. The molecule has 1 atom stereocenters. The maximum Gasteiger partial charge on any atom is 0.244 e. The fourth-order valence-corrected chi connectivity index (χ4v) is 4.87. The number of amides is 2. The van der Waals surface area contributed by atoms with E-state index in [2.05, 4.69) is 5.32 Å². The van der Waals surface area contributed by atoms with Crippen LogP contribution >= 0.6 is 0 Å². The van der Waals surface area contributed by atoms with Gasteiger partial charge in [-0.25, -0.2) is 8.42 Å². The van der Waals surface area contributed by atoms with Crippen molar-refractivity contribution in [2.75, 3.05) is 30.8 Å². The van der Waals surface area contributed by atoms with Crippen LogP contribution in [0.25, 0.3) is 0 Å². The Hall–Kier alpha value is -3.07. The first kappa shape index (κ1) is 29.2. The van der Waals surface area contributed by atoms with Crippen LogP contribution in [0.1, 0.15) is 49.8 Å². The minimum Gasteiger partial charge on any atom is -0.495 e. The average Bonchev–Trinajstić information content (AvgIpc) is 2.81. The van der Waals surface area contributed by atoms with Gasteiger partial charge in [-0.3, -0.25) is 13.9 Å². The molecule has 0 unspecified atom stereocenters. The predicted molar refractivity (Wildman–Crippen MR) is 144 cm³/mol. The molecule has 0 spiro atoms. The van der Waals surface area contributed by atoms with Gasteiger partial charge in [0.15, 0.2) is 0 Å². The van der Waals surface area contributed by atoms with Gasteiger partial charge in [0.25, 0.3) is 0 Å². The van der Waals surface area contributed by atoms with E-state index in [4.69, 9.17) is 4.74 Å². The molecule has 1 N–H and O–H groups in total. The summed E-state index contributed by atoms with van der Waals surface area (Å²) in [5, 5.41) is 2.92. The van der Waals surface area contributed by atoms with Crippen LogP contribution in [0, 0.1) is 13.8 Å². The van der Waals surface area contributed by atoms with E-state index in [0.717, 1.165) is 40.1 Å². The molecule has 0 aliphatic heterocycles. The monoisotopic (exact) mass is 517 g/mol. The van der Waals surface area contributed by atoms with Crippen molar-refractivity contribution >= 4 is 27.5 Å². The zero-order chi connectivity index (χ0) is 26.9. The average molecular weight is 518 g/mol. The Morgan fingerprint density at radius 1 is 1.06 bits per heavy atom. The largest absolute Gasteiger partial charge is 0.495 e. The molecule has 2 aromatic rings. The van der Waals surface area contributed by atoms with Crippen molar-refractivity contribution in [3.05, 3.63) is 59.2 Å². The van der Waals surface area contributed by atoms with Gasteiger partial charge in [0.2, 0.25) is 21.8 Å². The third-order valence-corrected chi connectivity index (χ3v) is 7.06. The van der Waals surface area contributed by atoms with Crippen LogP contribution in [0.15, 0.2) is 42.5 Å². The number of hydrogen-bond acceptors (Lipinski definition) is 5. The van der Waals surface area contributed by atoms with Crippen molar-refractivity contribution in [1.29, 1.82) is 0 Å². The first-order chi connectivity index (χ1) is 17.0. The minimum absolute atomic E-state index is 0.183. The van der Waals surface area contributed by atoms with Crippen LogP contribution < -0.4 is 14.4 Å². The highest BCUT2D eigenvalue weighted by Gasteiger charge is 2.32. The molecular weight excluding hydrogens is 478 g/mol. The normalized spacial score (nSPS) is 12.1. The van der Waals surface area contributed by atoms with Crippen LogP contribution in [-0.4, -0.2) is 57.6 Å². The van der Waals surface area contributed by atoms with E-state index < -0.39 is 28.5 Å². The lowest BCUT2D eigenvalue weighted by Crippen LogP contribution is -2.52. The summed E-state index contributed by atoms with van der Waals surface area (Å²) in [7, 11) is -2.39. The van der Waals surface area contributed by atoms with Crippen molar-refractivity contribution in [1.82, 2.24) is 10.2 Å². The first-order valence-electron chi connectivity index (χ1n) is 12.3. The number of rotatable bonds is 13. The molecule has 36 heavy (non-hydrogen) atoms. The Labute approximate surface area is 215 Å². The van der Waals surface area contributed by atoms with Crippen LogP contribution in [0.3, 0.4) is 0 Å². The summed E-state index contributed by atoms with van der Waals surface area (Å²) in [6.07, 6.45) is 3.22. The van der Waals surface area contributed by atoms with Crippen LogP contribution in [0.4, 0.5) is 5.69 Å². The van der Waals surface area contributed by atoms with Gasteiger partial charge >= 0.3 is 0 Å². The number of hydrogen-bond donors (Lipinski definition) is 1. The van der Waals surface area contributed by atoms with Crippen molar-refractivity contribution in [2.24, 2.45) is 0 Å². The number of anilines is 1. The summed E-state index contributed by atoms with van der Waals surface area (Å²) < 4.78 is 32.1. The molecular formula is C27H39N3O5S. The predicted octanol–water partition coefficient (Wildman–Crippen LogP) is 3.80. The van der Waals surface area contributed by atoms with Gasteiger partial charge in [-0.15, -0.1) is 0 Å². The molecule has 0 saturated heterocycles. The second-order valence-electron chi connectivity index (χ2n) is 9.02. The van der Waals surface area contributed by atoms with Crippen LogP contribution in [-0.2, 0) is 26.2 Å². The summed E-state index contributed by atoms with van der Waals surface area (Å²) in [5.41, 5.74) is 3.00. The third kappa shape index (κ3) is 7.98. The van der Waals surface area contributed by atoms with E-state index in [0.29, 0.717) is 18.7 Å². The van der Waals surface area contributed by atoms with Crippen molar-refractivity contribution in [3.63, 3.8) is 0 Å². The molecule has 0 fully saturated rings. The summed E-state index contributed by atoms with van der Waals surface area (Å²) in [6, 6.07) is 12.1. The molecule has 0 aliphatic carbocycles. The number of carbonyl (C=O) groups excluding carboxylic acids is 2. The lowest BCUT2D eigenvalue weighted by atomic mass is 10.1. The van der Waals surface area contributed by atoms with Crippen molar-refractivity contribution < 1.29 is 22.7 Å². The number of ether oxygens (including phenoxy) is 1. The lowest BCUT2D eigenvalue weighted by molar-refractivity contribution is -0.140. The van der Waals surface area contributed by atoms with Crippen LogP contribution in [0.5, 0.6) is 5.75 Å². The lowest BCUT2D eigenvalue weighted by Gasteiger charge is -2.33. The van der Waals surface area contributed by atoms with E-state index in [1.165, 1.54) is 12.0 Å². The SMILES string of the molecule is CCCCNC(=O)[C@H](CC)N(Cc1cccc(C)c1)C(=O)CN(c1cc(C)ccc1OC)S(C)(=O)=O. The molecule has 0 aliphatic rings. The molecule has 0 aromatic heterocycles. The Morgan fingerprint density at radius 2 is 1.75 bits per heavy atom. The molecule has 0 radical (unpaired) electrons. The first-order valence-corrected chi connectivity index (χ1v) is 14.1. The number of nitrogens with zero attached hydrogens (tertiary/aromatic N) is 2. The number of carbonyl (C=O) groups is 2. The number of nitrogens with one attached hydrogen (secondary N) is 1. The van der Waals surface area contributed by atoms with E-state index in [9.17, 15) is 18.0 Å². The smallest absolute Gasteiger partial charge is 0.244 e. The Balaban J connectivity index is 2.47. The highest BCUT2D eigenvalue weighted by Crippen LogP contribution is 2.31. The maximum atomic E-state index is 13.8. The van der Waals surface area contributed by atoms with E-state index >= 15 is 0 Å². The van der Waals surface area contributed by atoms with E-state index in [-0.39, 0.29) is 18.1 Å². The van der Waals surface area contributed by atoms with Crippen molar-refractivity contribution in [3.8, 4) is 5.75 Å².